The first kappa shape index (κ1) is 15.8. The second-order valence-electron chi connectivity index (χ2n) is 4.80. The number of benzene rings is 2. The number of hydrogen-bond acceptors (Lipinski definition) is 3. The largest absolute Gasteiger partial charge is 0.381 e. The maximum Gasteiger partial charge on any atom is 0.242 e. The third kappa shape index (κ3) is 3.97. The Morgan fingerprint density at radius 1 is 1.10 bits per heavy atom. The molecule has 0 aromatic heterocycles. The van der Waals surface area contributed by atoms with Crippen molar-refractivity contribution >= 4 is 27.3 Å². The standard InChI is InChI=1S/C15H17ClN2O2S/c1-18(2)21(19,20)15-8-6-14(7-9-15)17-11-12-4-3-5-13(16)10-12/h3-10,17H,11H2,1-2H3. The summed E-state index contributed by atoms with van der Waals surface area (Å²) in [6.07, 6.45) is 0. The van der Waals surface area contributed by atoms with Gasteiger partial charge in [-0.05, 0) is 42.0 Å². The van der Waals surface area contributed by atoms with Gasteiger partial charge < -0.3 is 5.32 Å². The molecule has 0 atom stereocenters. The van der Waals surface area contributed by atoms with E-state index in [1.807, 2.05) is 24.3 Å². The first-order valence-electron chi connectivity index (χ1n) is 6.40. The molecule has 6 heteroatoms. The Kier molecular flexibility index (Phi) is 4.88. The van der Waals surface area contributed by atoms with E-state index in [-0.39, 0.29) is 4.90 Å². The second kappa shape index (κ2) is 6.47. The molecule has 0 unspecified atom stereocenters. The lowest BCUT2D eigenvalue weighted by Crippen LogP contribution is -2.22. The van der Waals surface area contributed by atoms with Crippen molar-refractivity contribution in [2.24, 2.45) is 0 Å². The van der Waals surface area contributed by atoms with E-state index in [4.69, 9.17) is 11.6 Å². The summed E-state index contributed by atoms with van der Waals surface area (Å²) in [5.41, 5.74) is 1.92. The van der Waals surface area contributed by atoms with Gasteiger partial charge in [-0.2, -0.15) is 0 Å². The van der Waals surface area contributed by atoms with Gasteiger partial charge in [-0.3, -0.25) is 0 Å². The predicted molar refractivity (Wildman–Crippen MR) is 86.1 cm³/mol. The van der Waals surface area contributed by atoms with E-state index in [1.54, 1.807) is 24.3 Å². The zero-order chi connectivity index (χ0) is 15.5. The lowest BCUT2D eigenvalue weighted by atomic mass is 10.2. The maximum absolute atomic E-state index is 12.0. The molecule has 4 nitrogen and oxygen atoms in total. The topological polar surface area (TPSA) is 49.4 Å². The van der Waals surface area contributed by atoms with Gasteiger partial charge in [0.1, 0.15) is 0 Å². The van der Waals surface area contributed by atoms with Crippen LogP contribution in [0.25, 0.3) is 0 Å². The van der Waals surface area contributed by atoms with Gasteiger partial charge in [0, 0.05) is 31.4 Å². The van der Waals surface area contributed by atoms with Crippen LogP contribution in [-0.4, -0.2) is 26.8 Å². The van der Waals surface area contributed by atoms with Gasteiger partial charge in [0.25, 0.3) is 0 Å². The van der Waals surface area contributed by atoms with Crippen molar-refractivity contribution in [3.05, 3.63) is 59.1 Å². The molecule has 112 valence electrons. The zero-order valence-electron chi connectivity index (χ0n) is 11.9. The highest BCUT2D eigenvalue weighted by atomic mass is 35.5. The van der Waals surface area contributed by atoms with Crippen LogP contribution in [0.1, 0.15) is 5.56 Å². The van der Waals surface area contributed by atoms with E-state index in [9.17, 15) is 8.42 Å². The lowest BCUT2D eigenvalue weighted by Gasteiger charge is -2.12. The minimum Gasteiger partial charge on any atom is -0.381 e. The van der Waals surface area contributed by atoms with Gasteiger partial charge in [-0.1, -0.05) is 23.7 Å². The van der Waals surface area contributed by atoms with Gasteiger partial charge >= 0.3 is 0 Å². The Hall–Kier alpha value is -1.56. The summed E-state index contributed by atoms with van der Waals surface area (Å²) in [7, 11) is -0.349. The molecule has 2 aromatic carbocycles. The SMILES string of the molecule is CN(C)S(=O)(=O)c1ccc(NCc2cccc(Cl)c2)cc1. The summed E-state index contributed by atoms with van der Waals surface area (Å²) < 4.78 is 25.1. The second-order valence-corrected chi connectivity index (χ2v) is 7.38. The highest BCUT2D eigenvalue weighted by Crippen LogP contribution is 2.18. The van der Waals surface area contributed by atoms with Gasteiger partial charge in [0.15, 0.2) is 0 Å². The van der Waals surface area contributed by atoms with Crippen LogP contribution in [0.15, 0.2) is 53.4 Å². The highest BCUT2D eigenvalue weighted by molar-refractivity contribution is 7.89. The normalized spacial score (nSPS) is 11.6. The molecule has 0 fully saturated rings. The number of nitrogens with zero attached hydrogens (tertiary/aromatic N) is 1. The molecule has 2 rings (SSSR count). The van der Waals surface area contributed by atoms with Gasteiger partial charge in [-0.25, -0.2) is 12.7 Å². The monoisotopic (exact) mass is 324 g/mol. The van der Waals surface area contributed by atoms with Crippen LogP contribution in [0.3, 0.4) is 0 Å². The Balaban J connectivity index is 2.07. The van der Waals surface area contributed by atoms with Crippen LogP contribution in [-0.2, 0) is 16.6 Å². The molecule has 0 aliphatic heterocycles. The van der Waals surface area contributed by atoms with E-state index in [2.05, 4.69) is 5.32 Å². The molecule has 0 aliphatic rings. The summed E-state index contributed by atoms with van der Waals surface area (Å²) in [4.78, 5) is 0.279. The summed E-state index contributed by atoms with van der Waals surface area (Å²) >= 11 is 5.93. The molecule has 2 aromatic rings. The minimum absolute atomic E-state index is 0.279. The molecule has 0 saturated heterocycles. The van der Waals surface area contributed by atoms with Gasteiger partial charge in [0.2, 0.25) is 10.0 Å². The third-order valence-corrected chi connectivity index (χ3v) is 5.08. The number of nitrogens with one attached hydrogen (secondary N) is 1. The van der Waals surface area contributed by atoms with Crippen molar-refractivity contribution in [3.8, 4) is 0 Å². The molecule has 1 N–H and O–H groups in total. The Morgan fingerprint density at radius 2 is 1.76 bits per heavy atom. The highest BCUT2D eigenvalue weighted by Gasteiger charge is 2.16. The predicted octanol–water partition coefficient (Wildman–Crippen LogP) is 3.20. The third-order valence-electron chi connectivity index (χ3n) is 3.02. The molecule has 21 heavy (non-hydrogen) atoms. The summed E-state index contributed by atoms with van der Waals surface area (Å²) in [5.74, 6) is 0. The number of anilines is 1. The number of sulfonamides is 1. The molecule has 0 spiro atoms. The smallest absolute Gasteiger partial charge is 0.242 e. The van der Waals surface area contributed by atoms with E-state index in [0.29, 0.717) is 11.6 Å². The van der Waals surface area contributed by atoms with Gasteiger partial charge in [0.05, 0.1) is 4.90 Å². The van der Waals surface area contributed by atoms with E-state index >= 15 is 0 Å². The van der Waals surface area contributed by atoms with Crippen LogP contribution >= 0.6 is 11.6 Å². The summed E-state index contributed by atoms with van der Waals surface area (Å²) in [5, 5.41) is 3.93. The Labute approximate surface area is 130 Å². The Bertz CT molecular complexity index is 713. The first-order chi connectivity index (χ1) is 9.89. The quantitative estimate of drug-likeness (QED) is 0.918. The molecule has 0 aliphatic carbocycles. The van der Waals surface area contributed by atoms with Crippen LogP contribution in [0.4, 0.5) is 5.69 Å². The summed E-state index contributed by atoms with van der Waals surface area (Å²) in [6, 6.07) is 14.3. The van der Waals surface area contributed by atoms with E-state index in [1.165, 1.54) is 18.4 Å². The van der Waals surface area contributed by atoms with Crippen molar-refractivity contribution < 1.29 is 8.42 Å². The molecular formula is C15H17ClN2O2S. The molecule has 0 heterocycles. The average Bonchev–Trinajstić information content (AvgIpc) is 2.45. The maximum atomic E-state index is 12.0. The van der Waals surface area contributed by atoms with Crippen molar-refractivity contribution in [1.82, 2.24) is 4.31 Å². The zero-order valence-corrected chi connectivity index (χ0v) is 13.4. The van der Waals surface area contributed by atoms with E-state index < -0.39 is 10.0 Å². The Morgan fingerprint density at radius 3 is 2.33 bits per heavy atom. The van der Waals surface area contributed by atoms with Crippen LogP contribution < -0.4 is 5.32 Å². The average molecular weight is 325 g/mol. The molecule has 0 bridgehead atoms. The van der Waals surface area contributed by atoms with Crippen molar-refractivity contribution in [1.29, 1.82) is 0 Å². The van der Waals surface area contributed by atoms with Crippen LogP contribution in [0.5, 0.6) is 0 Å². The molecule has 0 radical (unpaired) electrons. The molecular weight excluding hydrogens is 308 g/mol. The fraction of sp³-hybridized carbons (Fsp3) is 0.200. The van der Waals surface area contributed by atoms with Gasteiger partial charge in [-0.15, -0.1) is 0 Å². The van der Waals surface area contributed by atoms with Crippen molar-refractivity contribution in [3.63, 3.8) is 0 Å². The van der Waals surface area contributed by atoms with Crippen molar-refractivity contribution in [2.45, 2.75) is 11.4 Å². The number of rotatable bonds is 5. The first-order valence-corrected chi connectivity index (χ1v) is 8.22. The van der Waals surface area contributed by atoms with E-state index in [0.717, 1.165) is 11.3 Å². The number of hydrogen-bond donors (Lipinski definition) is 1. The van der Waals surface area contributed by atoms with Crippen LogP contribution in [0.2, 0.25) is 5.02 Å². The lowest BCUT2D eigenvalue weighted by molar-refractivity contribution is 0.521. The molecule has 0 saturated carbocycles. The fourth-order valence-electron chi connectivity index (χ4n) is 1.81. The minimum atomic E-state index is -3.38. The fourth-order valence-corrected chi connectivity index (χ4v) is 2.92. The van der Waals surface area contributed by atoms with Crippen molar-refractivity contribution in [2.75, 3.05) is 19.4 Å². The number of halogens is 1. The van der Waals surface area contributed by atoms with Crippen LogP contribution in [0, 0.1) is 0 Å². The molecule has 0 amide bonds. The summed E-state index contributed by atoms with van der Waals surface area (Å²) in [6.45, 7) is 0.625.